The summed E-state index contributed by atoms with van der Waals surface area (Å²) in [7, 11) is 0. The summed E-state index contributed by atoms with van der Waals surface area (Å²) >= 11 is 3.37. The number of nitrogens with one attached hydrogen (secondary N) is 1. The lowest BCUT2D eigenvalue weighted by atomic mass is 10.2. The zero-order valence-electron chi connectivity index (χ0n) is 7.87. The van der Waals surface area contributed by atoms with Crippen LogP contribution in [0.1, 0.15) is 12.8 Å². The van der Waals surface area contributed by atoms with Crippen LogP contribution in [-0.2, 0) is 6.54 Å². The average molecular weight is 257 g/mol. The van der Waals surface area contributed by atoms with Crippen molar-refractivity contribution in [2.24, 2.45) is 0 Å². The number of hydrogen-bond donors (Lipinski definition) is 1. The minimum atomic E-state index is 0.0712. The van der Waals surface area contributed by atoms with Gasteiger partial charge in [-0.15, -0.1) is 0 Å². The van der Waals surface area contributed by atoms with Gasteiger partial charge in [0.25, 0.3) is 5.56 Å². The second kappa shape index (κ2) is 4.28. The van der Waals surface area contributed by atoms with Gasteiger partial charge in [0.05, 0.1) is 0 Å². The molecule has 1 aliphatic heterocycles. The topological polar surface area (TPSA) is 34.0 Å². The van der Waals surface area contributed by atoms with Crippen molar-refractivity contribution < 1.29 is 0 Å². The van der Waals surface area contributed by atoms with Crippen LogP contribution >= 0.6 is 15.9 Å². The van der Waals surface area contributed by atoms with Crippen LogP contribution < -0.4 is 10.9 Å². The molecule has 0 bridgehead atoms. The Morgan fingerprint density at radius 3 is 3.14 bits per heavy atom. The van der Waals surface area contributed by atoms with Crippen molar-refractivity contribution in [1.29, 1.82) is 0 Å². The van der Waals surface area contributed by atoms with Crippen LogP contribution in [-0.4, -0.2) is 17.2 Å². The summed E-state index contributed by atoms with van der Waals surface area (Å²) in [4.78, 5) is 11.5. The van der Waals surface area contributed by atoms with Crippen molar-refractivity contribution in [1.82, 2.24) is 9.88 Å². The molecule has 1 aromatic heterocycles. The van der Waals surface area contributed by atoms with Gasteiger partial charge in [-0.1, -0.05) is 0 Å². The highest BCUT2D eigenvalue weighted by Gasteiger charge is 2.14. The normalized spacial score (nSPS) is 21.4. The summed E-state index contributed by atoms with van der Waals surface area (Å²) in [5, 5.41) is 3.38. The van der Waals surface area contributed by atoms with Crippen LogP contribution in [0.5, 0.6) is 0 Å². The van der Waals surface area contributed by atoms with Crippen molar-refractivity contribution in [2.75, 3.05) is 6.54 Å². The third-order valence-corrected chi connectivity index (χ3v) is 3.00. The Morgan fingerprint density at radius 1 is 1.57 bits per heavy atom. The van der Waals surface area contributed by atoms with Gasteiger partial charge in [0.15, 0.2) is 0 Å². The second-order valence-corrected chi connectivity index (χ2v) is 4.55. The van der Waals surface area contributed by atoms with Gasteiger partial charge in [-0.25, -0.2) is 0 Å². The summed E-state index contributed by atoms with van der Waals surface area (Å²) in [6.07, 6.45) is 4.23. The molecule has 2 rings (SSSR count). The lowest BCUT2D eigenvalue weighted by Gasteiger charge is -2.12. The van der Waals surface area contributed by atoms with Crippen LogP contribution in [0.3, 0.4) is 0 Å². The van der Waals surface area contributed by atoms with Crippen LogP contribution in [0, 0.1) is 0 Å². The van der Waals surface area contributed by atoms with E-state index < -0.39 is 0 Å². The summed E-state index contributed by atoms with van der Waals surface area (Å²) in [5.41, 5.74) is 0.0712. The Kier molecular flexibility index (Phi) is 3.03. The van der Waals surface area contributed by atoms with Crippen molar-refractivity contribution in [2.45, 2.75) is 25.4 Å². The molecule has 0 spiro atoms. The molecule has 76 valence electrons. The molecule has 1 fully saturated rings. The molecule has 0 radical (unpaired) electrons. The number of pyridine rings is 1. The summed E-state index contributed by atoms with van der Waals surface area (Å²) in [6.45, 7) is 1.85. The first-order chi connectivity index (χ1) is 6.75. The van der Waals surface area contributed by atoms with E-state index in [0.29, 0.717) is 6.04 Å². The Hall–Kier alpha value is -0.610. The highest BCUT2D eigenvalue weighted by Crippen LogP contribution is 2.09. The number of aromatic nitrogens is 1. The first-order valence-electron chi connectivity index (χ1n) is 4.85. The Balaban J connectivity index is 2.15. The molecule has 1 aromatic rings. The first kappa shape index (κ1) is 9.93. The fourth-order valence-electron chi connectivity index (χ4n) is 1.79. The summed E-state index contributed by atoms with van der Waals surface area (Å²) < 4.78 is 2.71. The number of nitrogens with zero attached hydrogens (tertiary/aromatic N) is 1. The van der Waals surface area contributed by atoms with Gasteiger partial charge in [0.2, 0.25) is 0 Å². The number of halogens is 1. The third kappa shape index (κ3) is 2.25. The molecule has 14 heavy (non-hydrogen) atoms. The SMILES string of the molecule is O=c1ccc(Br)cn1C[C@@H]1CCCN1. The molecule has 1 N–H and O–H groups in total. The standard InChI is InChI=1S/C10H13BrN2O/c11-8-3-4-10(14)13(6-8)7-9-2-1-5-12-9/h3-4,6,9,12H,1-2,5,7H2/t9-/m0/s1. The molecule has 0 amide bonds. The highest BCUT2D eigenvalue weighted by molar-refractivity contribution is 9.10. The van der Waals surface area contributed by atoms with E-state index in [1.807, 2.05) is 6.20 Å². The lowest BCUT2D eigenvalue weighted by molar-refractivity contribution is 0.499. The van der Waals surface area contributed by atoms with Gasteiger partial charge >= 0.3 is 0 Å². The van der Waals surface area contributed by atoms with Crippen molar-refractivity contribution in [3.63, 3.8) is 0 Å². The highest BCUT2D eigenvalue weighted by atomic mass is 79.9. The monoisotopic (exact) mass is 256 g/mol. The molecule has 2 heterocycles. The van der Waals surface area contributed by atoms with Crippen LogP contribution in [0.25, 0.3) is 0 Å². The summed E-state index contributed by atoms with van der Waals surface area (Å²) in [5.74, 6) is 0. The Labute approximate surface area is 91.3 Å². The van der Waals surface area contributed by atoms with Gasteiger partial charge in [-0.3, -0.25) is 4.79 Å². The maximum Gasteiger partial charge on any atom is 0.250 e. The van der Waals surface area contributed by atoms with Gasteiger partial charge < -0.3 is 9.88 Å². The van der Waals surface area contributed by atoms with Crippen LogP contribution in [0.15, 0.2) is 27.6 Å². The molecular weight excluding hydrogens is 244 g/mol. The molecule has 0 aromatic carbocycles. The van der Waals surface area contributed by atoms with Gasteiger partial charge in [-0.2, -0.15) is 0 Å². The fraction of sp³-hybridized carbons (Fsp3) is 0.500. The molecule has 0 saturated carbocycles. The van der Waals surface area contributed by atoms with E-state index in [9.17, 15) is 4.79 Å². The van der Waals surface area contributed by atoms with E-state index in [0.717, 1.165) is 17.6 Å². The molecule has 1 atom stereocenters. The predicted octanol–water partition coefficient (Wildman–Crippen LogP) is 1.36. The molecule has 0 aliphatic carbocycles. The van der Waals surface area contributed by atoms with E-state index in [-0.39, 0.29) is 5.56 Å². The largest absolute Gasteiger partial charge is 0.313 e. The summed E-state index contributed by atoms with van der Waals surface area (Å²) in [6, 6.07) is 3.84. The first-order valence-corrected chi connectivity index (χ1v) is 5.64. The van der Waals surface area contributed by atoms with E-state index in [2.05, 4.69) is 21.2 Å². The quantitative estimate of drug-likeness (QED) is 0.868. The van der Waals surface area contributed by atoms with Crippen molar-refractivity contribution in [3.8, 4) is 0 Å². The van der Waals surface area contributed by atoms with Crippen LogP contribution in [0.2, 0.25) is 0 Å². The number of hydrogen-bond acceptors (Lipinski definition) is 2. The second-order valence-electron chi connectivity index (χ2n) is 3.63. The zero-order valence-corrected chi connectivity index (χ0v) is 9.46. The molecule has 4 heteroatoms. The van der Waals surface area contributed by atoms with Gasteiger partial charge in [0, 0.05) is 29.3 Å². The number of rotatable bonds is 2. The molecule has 1 aliphatic rings. The van der Waals surface area contributed by atoms with Crippen LogP contribution in [0.4, 0.5) is 0 Å². The molecule has 0 unspecified atom stereocenters. The Morgan fingerprint density at radius 2 is 2.43 bits per heavy atom. The van der Waals surface area contributed by atoms with Gasteiger partial charge in [-0.05, 0) is 41.4 Å². The van der Waals surface area contributed by atoms with E-state index in [1.54, 1.807) is 16.7 Å². The fourth-order valence-corrected chi connectivity index (χ4v) is 2.17. The van der Waals surface area contributed by atoms with Gasteiger partial charge in [0.1, 0.15) is 0 Å². The minimum absolute atomic E-state index is 0.0712. The molecule has 3 nitrogen and oxygen atoms in total. The van der Waals surface area contributed by atoms with Crippen molar-refractivity contribution in [3.05, 3.63) is 33.2 Å². The van der Waals surface area contributed by atoms with E-state index in [1.165, 1.54) is 12.8 Å². The smallest absolute Gasteiger partial charge is 0.250 e. The lowest BCUT2D eigenvalue weighted by Crippen LogP contribution is -2.31. The minimum Gasteiger partial charge on any atom is -0.313 e. The molecular formula is C10H13BrN2O. The zero-order chi connectivity index (χ0) is 9.97. The maximum atomic E-state index is 11.5. The third-order valence-electron chi connectivity index (χ3n) is 2.53. The van der Waals surface area contributed by atoms with E-state index in [4.69, 9.17) is 0 Å². The Bertz CT molecular complexity index is 369. The van der Waals surface area contributed by atoms with Crippen molar-refractivity contribution >= 4 is 15.9 Å². The maximum absolute atomic E-state index is 11.5. The average Bonchev–Trinajstić information content (AvgIpc) is 2.64. The predicted molar refractivity (Wildman–Crippen MR) is 59.4 cm³/mol. The molecule has 1 saturated heterocycles. The van der Waals surface area contributed by atoms with E-state index >= 15 is 0 Å².